The Kier molecular flexibility index (Phi) is 9.21. The van der Waals surface area contributed by atoms with Crippen LogP contribution in [-0.2, 0) is 22.7 Å². The number of rotatable bonds is 5. The number of halogens is 1. The summed E-state index contributed by atoms with van der Waals surface area (Å²) in [6.45, 7) is 5.08. The fourth-order valence-electron chi connectivity index (χ4n) is 6.85. The number of pyridine rings is 1. The van der Waals surface area contributed by atoms with Crippen LogP contribution in [-0.4, -0.2) is 60.5 Å². The average Bonchev–Trinajstić information content (AvgIpc) is 3.76. The van der Waals surface area contributed by atoms with Crippen LogP contribution in [0.25, 0.3) is 5.00 Å². The monoisotopic (exact) mass is 738 g/mol. The molecule has 53 heavy (non-hydrogen) atoms. The van der Waals surface area contributed by atoms with Crippen LogP contribution in [0.4, 0.5) is 0 Å². The second-order valence-corrected chi connectivity index (χ2v) is 14.4. The smallest absolute Gasteiger partial charge is 0.255 e. The summed E-state index contributed by atoms with van der Waals surface area (Å²) in [5.41, 5.74) is 6.61. The zero-order valence-corrected chi connectivity index (χ0v) is 30.5. The molecule has 1 saturated carbocycles. The van der Waals surface area contributed by atoms with Crippen LogP contribution in [0.5, 0.6) is 5.75 Å². The van der Waals surface area contributed by atoms with Gasteiger partial charge >= 0.3 is 0 Å². The minimum Gasteiger partial charge on any atom is -0.491 e. The molecule has 0 saturated heterocycles. The maximum atomic E-state index is 13.1. The van der Waals surface area contributed by atoms with E-state index in [0.717, 1.165) is 55.1 Å². The molecule has 0 bridgehead atoms. The number of aryl methyl sites for hydroxylation is 1. The van der Waals surface area contributed by atoms with Gasteiger partial charge in [-0.05, 0) is 79.6 Å². The van der Waals surface area contributed by atoms with E-state index in [1.54, 1.807) is 34.6 Å². The second kappa shape index (κ2) is 14.3. The van der Waals surface area contributed by atoms with Crippen molar-refractivity contribution < 1.29 is 19.1 Å². The van der Waals surface area contributed by atoms with Crippen LogP contribution in [0.15, 0.2) is 65.8 Å². The number of Topliss-reactive ketones (excluding diaryl/α,β-unsaturated/α-hetero) is 2. The number of fused-ring (bicyclic) bond motifs is 4. The molecule has 5 aromatic rings. The Morgan fingerprint density at radius 1 is 1.00 bits per heavy atom. The first-order chi connectivity index (χ1) is 25.7. The molecule has 5 heterocycles. The predicted molar refractivity (Wildman–Crippen MR) is 201 cm³/mol. The lowest BCUT2D eigenvalue weighted by atomic mass is 9.92. The van der Waals surface area contributed by atoms with Crippen LogP contribution in [0, 0.1) is 37.5 Å². The predicted octanol–water partition coefficient (Wildman–Crippen LogP) is 6.21. The minimum atomic E-state index is -0.556. The van der Waals surface area contributed by atoms with Gasteiger partial charge in [0.15, 0.2) is 11.6 Å². The SMILES string of the molecule is Cc1c(C#Cc2ccc(OCCC#Cc3cccc4c3CN(C3CCC(=O)CC3=O)C4=O)cn2)sc2c1C(c1ccc(Cl)cc1)=NCc1nnc(C)n1-2. The molecule has 2 aromatic carbocycles. The quantitative estimate of drug-likeness (QED) is 0.120. The summed E-state index contributed by atoms with van der Waals surface area (Å²) < 4.78 is 7.96. The van der Waals surface area contributed by atoms with Gasteiger partial charge in [0.1, 0.15) is 34.6 Å². The second-order valence-electron chi connectivity index (χ2n) is 12.9. The van der Waals surface area contributed by atoms with Crippen molar-refractivity contribution in [2.24, 2.45) is 4.99 Å². The molecule has 2 aliphatic heterocycles. The number of amides is 1. The number of benzene rings is 2. The lowest BCUT2D eigenvalue weighted by Gasteiger charge is -2.29. The fraction of sp³-hybridized carbons (Fsp3) is 0.244. The Labute approximate surface area is 314 Å². The van der Waals surface area contributed by atoms with Gasteiger partial charge in [-0.3, -0.25) is 23.9 Å². The molecule has 1 aliphatic carbocycles. The van der Waals surface area contributed by atoms with Crippen molar-refractivity contribution in [3.8, 4) is 34.4 Å². The first-order valence-corrected chi connectivity index (χ1v) is 18.4. The molecule has 1 atom stereocenters. The summed E-state index contributed by atoms with van der Waals surface area (Å²) in [6.07, 6.45) is 2.71. The van der Waals surface area contributed by atoms with E-state index in [2.05, 4.69) is 50.4 Å². The van der Waals surface area contributed by atoms with E-state index in [0.29, 0.717) is 61.0 Å². The molecular formula is C41H31ClN6O4S. The lowest BCUT2D eigenvalue weighted by Crippen LogP contribution is -2.44. The van der Waals surface area contributed by atoms with Gasteiger partial charge in [-0.2, -0.15) is 0 Å². The van der Waals surface area contributed by atoms with Crippen molar-refractivity contribution >= 4 is 46.1 Å². The average molecular weight is 739 g/mol. The van der Waals surface area contributed by atoms with Gasteiger partial charge in [0.05, 0.1) is 35.9 Å². The highest BCUT2D eigenvalue weighted by atomic mass is 35.5. The van der Waals surface area contributed by atoms with Gasteiger partial charge in [0, 0.05) is 46.7 Å². The van der Waals surface area contributed by atoms with Gasteiger partial charge in [0.2, 0.25) is 0 Å². The standard InChI is InChI=1S/C41H31ClN6O4S/c1-24-36(53-41-38(24)39(27-9-11-28(42)12-10-27)44-22-37-46-45-25(2)48(37)41)18-14-29-13-16-31(21-43-29)52-19-4-3-6-26-7-5-8-32-33(26)23-47(40(32)51)34-17-15-30(49)20-35(34)50/h5,7-13,16,21,34H,4,15,17,19-20,22-23H2,1-2H3. The summed E-state index contributed by atoms with van der Waals surface area (Å²) in [6, 6.07) is 16.3. The number of hydrogen-bond donors (Lipinski definition) is 0. The van der Waals surface area contributed by atoms with Crippen molar-refractivity contribution in [2.75, 3.05) is 6.61 Å². The maximum Gasteiger partial charge on any atom is 0.255 e. The minimum absolute atomic E-state index is 0.0633. The Morgan fingerprint density at radius 3 is 2.64 bits per heavy atom. The third-order valence-corrected chi connectivity index (χ3v) is 11.0. The third kappa shape index (κ3) is 6.66. The summed E-state index contributed by atoms with van der Waals surface area (Å²) >= 11 is 7.77. The normalized spacial score (nSPS) is 16.1. The van der Waals surface area contributed by atoms with Crippen LogP contribution in [0.1, 0.15) is 86.1 Å². The molecule has 0 spiro atoms. The van der Waals surface area contributed by atoms with Gasteiger partial charge in [0.25, 0.3) is 5.91 Å². The lowest BCUT2D eigenvalue weighted by molar-refractivity contribution is -0.133. The van der Waals surface area contributed by atoms with Crippen LogP contribution in [0.3, 0.4) is 0 Å². The molecule has 0 radical (unpaired) electrons. The van der Waals surface area contributed by atoms with Crippen molar-refractivity contribution in [1.82, 2.24) is 24.6 Å². The summed E-state index contributed by atoms with van der Waals surface area (Å²) in [4.78, 5) is 49.3. The van der Waals surface area contributed by atoms with Crippen molar-refractivity contribution in [2.45, 2.75) is 58.7 Å². The summed E-state index contributed by atoms with van der Waals surface area (Å²) in [7, 11) is 0. The van der Waals surface area contributed by atoms with Gasteiger partial charge < -0.3 is 9.64 Å². The van der Waals surface area contributed by atoms with Crippen LogP contribution in [0.2, 0.25) is 5.02 Å². The van der Waals surface area contributed by atoms with E-state index in [1.165, 1.54) is 0 Å². The molecule has 12 heteroatoms. The number of aliphatic imine (C=N–C) groups is 1. The number of carbonyl (C=O) groups is 3. The third-order valence-electron chi connectivity index (χ3n) is 9.53. The Morgan fingerprint density at radius 2 is 1.85 bits per heavy atom. The first-order valence-electron chi connectivity index (χ1n) is 17.2. The van der Waals surface area contributed by atoms with Gasteiger partial charge in [-0.25, -0.2) is 4.98 Å². The number of nitrogens with zero attached hydrogens (tertiary/aromatic N) is 6. The van der Waals surface area contributed by atoms with Gasteiger partial charge in [-0.15, -0.1) is 21.5 Å². The van der Waals surface area contributed by atoms with Gasteiger partial charge in [-0.1, -0.05) is 41.6 Å². The van der Waals surface area contributed by atoms with Crippen LogP contribution >= 0.6 is 22.9 Å². The number of aromatic nitrogens is 4. The first kappa shape index (κ1) is 34.2. The Hall–Kier alpha value is -5.88. The van der Waals surface area contributed by atoms with E-state index < -0.39 is 6.04 Å². The molecule has 10 nitrogen and oxygen atoms in total. The topological polar surface area (TPSA) is 120 Å². The molecule has 1 unspecified atom stereocenters. The zero-order chi connectivity index (χ0) is 36.6. The van der Waals surface area contributed by atoms with E-state index in [1.807, 2.05) is 49.4 Å². The molecule has 262 valence electrons. The highest BCUT2D eigenvalue weighted by molar-refractivity contribution is 7.15. The Balaban J connectivity index is 0.928. The molecule has 3 aliphatic rings. The maximum absolute atomic E-state index is 13.1. The molecule has 3 aromatic heterocycles. The molecule has 1 fully saturated rings. The van der Waals surface area contributed by atoms with E-state index in [9.17, 15) is 14.4 Å². The number of thiophene rings is 1. The molecule has 0 N–H and O–H groups in total. The number of carbonyl (C=O) groups excluding carboxylic acids is 3. The zero-order valence-electron chi connectivity index (χ0n) is 28.9. The Bertz CT molecular complexity index is 2480. The molecule has 8 rings (SSSR count). The van der Waals surface area contributed by atoms with E-state index in [4.69, 9.17) is 21.3 Å². The van der Waals surface area contributed by atoms with Crippen molar-refractivity contribution in [3.63, 3.8) is 0 Å². The highest BCUT2D eigenvalue weighted by Gasteiger charge is 2.39. The number of ether oxygens (including phenoxy) is 1. The molecule has 1 amide bonds. The molecular weight excluding hydrogens is 708 g/mol. The van der Waals surface area contributed by atoms with Crippen molar-refractivity contribution in [1.29, 1.82) is 0 Å². The van der Waals surface area contributed by atoms with Crippen molar-refractivity contribution in [3.05, 3.63) is 121 Å². The number of ketones is 2. The summed E-state index contributed by atoms with van der Waals surface area (Å²) in [5, 5.41) is 10.3. The van der Waals surface area contributed by atoms with Crippen LogP contribution < -0.4 is 4.74 Å². The van der Waals surface area contributed by atoms with E-state index >= 15 is 0 Å². The highest BCUT2D eigenvalue weighted by Crippen LogP contribution is 2.37. The largest absolute Gasteiger partial charge is 0.491 e. The summed E-state index contributed by atoms with van der Waals surface area (Å²) in [5.74, 6) is 14.6. The fourth-order valence-corrected chi connectivity index (χ4v) is 8.21. The number of hydrogen-bond acceptors (Lipinski definition) is 9. The van der Waals surface area contributed by atoms with E-state index in [-0.39, 0.29) is 23.9 Å².